The third kappa shape index (κ3) is 4.94. The van der Waals surface area contributed by atoms with Crippen LogP contribution in [0.3, 0.4) is 0 Å². The lowest BCUT2D eigenvalue weighted by Gasteiger charge is -2.32. The minimum absolute atomic E-state index is 0.0300. The molecule has 1 saturated heterocycles. The molecule has 1 aromatic heterocycles. The van der Waals surface area contributed by atoms with Gasteiger partial charge in [-0.3, -0.25) is 10.1 Å². The Labute approximate surface area is 148 Å². The van der Waals surface area contributed by atoms with E-state index in [1.165, 1.54) is 0 Å². The number of morpholine rings is 1. The number of carbonyl (C=O) groups is 2. The highest BCUT2D eigenvalue weighted by molar-refractivity contribution is 5.89. The molecule has 2 N–H and O–H groups in total. The van der Waals surface area contributed by atoms with Crippen LogP contribution in [0.25, 0.3) is 0 Å². The first kappa shape index (κ1) is 19.2. The maximum Gasteiger partial charge on any atom is 0.320 e. The SMILES string of the molecule is CCC(CC)n1ncc(C)c1NC(=O)NC[C@H]1CN(C(C)=O)CCO1. The highest BCUT2D eigenvalue weighted by atomic mass is 16.5. The molecular weight excluding hydrogens is 322 g/mol. The molecule has 8 nitrogen and oxygen atoms in total. The smallest absolute Gasteiger partial charge is 0.320 e. The number of hydrogen-bond acceptors (Lipinski definition) is 4. The molecule has 1 aliphatic heterocycles. The molecule has 1 fully saturated rings. The van der Waals surface area contributed by atoms with Crippen molar-refractivity contribution in [2.24, 2.45) is 0 Å². The predicted octanol–water partition coefficient (Wildman–Crippen LogP) is 1.92. The van der Waals surface area contributed by atoms with Crippen LogP contribution in [0.1, 0.15) is 45.2 Å². The first-order chi connectivity index (χ1) is 12.0. The lowest BCUT2D eigenvalue weighted by molar-refractivity contribution is -0.136. The van der Waals surface area contributed by atoms with Crippen molar-refractivity contribution in [1.29, 1.82) is 0 Å². The lowest BCUT2D eigenvalue weighted by atomic mass is 10.2. The van der Waals surface area contributed by atoms with E-state index in [1.54, 1.807) is 18.0 Å². The molecular formula is C17H29N5O3. The van der Waals surface area contributed by atoms with Crippen molar-refractivity contribution in [3.05, 3.63) is 11.8 Å². The quantitative estimate of drug-likeness (QED) is 0.819. The van der Waals surface area contributed by atoms with E-state index < -0.39 is 0 Å². The molecule has 0 spiro atoms. The normalized spacial score (nSPS) is 17.6. The molecule has 1 aromatic rings. The minimum Gasteiger partial charge on any atom is -0.373 e. The van der Waals surface area contributed by atoms with Gasteiger partial charge in [-0.15, -0.1) is 0 Å². The van der Waals surface area contributed by atoms with E-state index >= 15 is 0 Å². The van der Waals surface area contributed by atoms with Gasteiger partial charge >= 0.3 is 6.03 Å². The van der Waals surface area contributed by atoms with Crippen LogP contribution in [0.2, 0.25) is 0 Å². The Bertz CT molecular complexity index is 597. The van der Waals surface area contributed by atoms with E-state index in [0.29, 0.717) is 26.2 Å². The van der Waals surface area contributed by atoms with Gasteiger partial charge in [-0.25, -0.2) is 9.48 Å². The second-order valence-electron chi connectivity index (χ2n) is 6.38. The van der Waals surface area contributed by atoms with Gasteiger partial charge in [0.15, 0.2) is 0 Å². The van der Waals surface area contributed by atoms with E-state index in [2.05, 4.69) is 29.6 Å². The Morgan fingerprint density at radius 2 is 2.12 bits per heavy atom. The molecule has 1 aliphatic rings. The number of ether oxygens (including phenoxy) is 1. The number of aromatic nitrogens is 2. The molecule has 0 radical (unpaired) electrons. The summed E-state index contributed by atoms with van der Waals surface area (Å²) < 4.78 is 7.49. The van der Waals surface area contributed by atoms with Crippen LogP contribution < -0.4 is 10.6 Å². The number of rotatable bonds is 6. The second-order valence-corrected chi connectivity index (χ2v) is 6.38. The average Bonchev–Trinajstić information content (AvgIpc) is 2.95. The Kier molecular flexibility index (Phi) is 6.81. The molecule has 8 heteroatoms. The molecule has 2 heterocycles. The summed E-state index contributed by atoms with van der Waals surface area (Å²) in [6, 6.07) is -0.0332. The zero-order valence-corrected chi connectivity index (χ0v) is 15.5. The lowest BCUT2D eigenvalue weighted by Crippen LogP contribution is -2.49. The molecule has 25 heavy (non-hydrogen) atoms. The second kappa shape index (κ2) is 8.84. The van der Waals surface area contributed by atoms with Crippen molar-refractivity contribution < 1.29 is 14.3 Å². The number of anilines is 1. The van der Waals surface area contributed by atoms with Gasteiger partial charge in [-0.1, -0.05) is 13.8 Å². The third-order valence-electron chi connectivity index (χ3n) is 4.57. The standard InChI is InChI=1S/C17H29N5O3/c1-5-14(6-2)22-16(12(3)9-19-22)20-17(24)18-10-15-11-21(13(4)23)7-8-25-15/h9,14-15H,5-8,10-11H2,1-4H3,(H2,18,20,24)/t15-/m0/s1. The molecule has 1 atom stereocenters. The third-order valence-corrected chi connectivity index (χ3v) is 4.57. The summed E-state index contributed by atoms with van der Waals surface area (Å²) in [5.74, 6) is 0.753. The zero-order valence-electron chi connectivity index (χ0n) is 15.5. The largest absolute Gasteiger partial charge is 0.373 e. The summed E-state index contributed by atoms with van der Waals surface area (Å²) >= 11 is 0. The van der Waals surface area contributed by atoms with Gasteiger partial charge in [-0.2, -0.15) is 5.10 Å². The predicted molar refractivity (Wildman–Crippen MR) is 95.6 cm³/mol. The van der Waals surface area contributed by atoms with Crippen LogP contribution in [0, 0.1) is 6.92 Å². The van der Waals surface area contributed by atoms with Gasteiger partial charge in [-0.05, 0) is 19.8 Å². The summed E-state index contributed by atoms with van der Waals surface area (Å²) in [7, 11) is 0. The van der Waals surface area contributed by atoms with E-state index in [1.807, 2.05) is 11.6 Å². The van der Waals surface area contributed by atoms with E-state index in [9.17, 15) is 9.59 Å². The van der Waals surface area contributed by atoms with Gasteiger partial charge in [0.1, 0.15) is 5.82 Å². The van der Waals surface area contributed by atoms with Crippen LogP contribution in [0.15, 0.2) is 6.20 Å². The van der Waals surface area contributed by atoms with Crippen molar-refractivity contribution in [3.8, 4) is 0 Å². The average molecular weight is 351 g/mol. The number of amides is 3. The number of aryl methyl sites for hydroxylation is 1. The van der Waals surface area contributed by atoms with Gasteiger partial charge in [0, 0.05) is 32.1 Å². The molecule has 3 amide bonds. The molecule has 0 aliphatic carbocycles. The van der Waals surface area contributed by atoms with Gasteiger partial charge < -0.3 is 15.0 Å². The molecule has 2 rings (SSSR count). The molecule has 0 bridgehead atoms. The van der Waals surface area contributed by atoms with E-state index in [4.69, 9.17) is 4.74 Å². The fourth-order valence-corrected chi connectivity index (χ4v) is 3.00. The van der Waals surface area contributed by atoms with Crippen molar-refractivity contribution in [1.82, 2.24) is 20.0 Å². The van der Waals surface area contributed by atoms with Crippen LogP contribution in [-0.4, -0.2) is 59.0 Å². The van der Waals surface area contributed by atoms with Gasteiger partial charge in [0.05, 0.1) is 24.9 Å². The number of urea groups is 1. The Morgan fingerprint density at radius 1 is 1.40 bits per heavy atom. The summed E-state index contributed by atoms with van der Waals surface area (Å²) in [5.41, 5.74) is 0.929. The minimum atomic E-state index is -0.292. The number of nitrogens with zero attached hydrogens (tertiary/aromatic N) is 3. The number of nitrogens with one attached hydrogen (secondary N) is 2. The van der Waals surface area contributed by atoms with Crippen LogP contribution >= 0.6 is 0 Å². The van der Waals surface area contributed by atoms with Gasteiger partial charge in [0.2, 0.25) is 5.91 Å². The topological polar surface area (TPSA) is 88.5 Å². The summed E-state index contributed by atoms with van der Waals surface area (Å²) in [6.45, 7) is 9.64. The summed E-state index contributed by atoms with van der Waals surface area (Å²) in [4.78, 5) is 25.5. The van der Waals surface area contributed by atoms with Crippen LogP contribution in [0.4, 0.5) is 10.6 Å². The maximum atomic E-state index is 12.3. The first-order valence-corrected chi connectivity index (χ1v) is 8.92. The fourth-order valence-electron chi connectivity index (χ4n) is 3.00. The van der Waals surface area contributed by atoms with Crippen LogP contribution in [-0.2, 0) is 9.53 Å². The van der Waals surface area contributed by atoms with Crippen LogP contribution in [0.5, 0.6) is 0 Å². The van der Waals surface area contributed by atoms with E-state index in [0.717, 1.165) is 24.2 Å². The maximum absolute atomic E-state index is 12.3. The summed E-state index contributed by atoms with van der Waals surface area (Å²) in [6.07, 6.45) is 3.48. The number of hydrogen-bond donors (Lipinski definition) is 2. The van der Waals surface area contributed by atoms with Crippen molar-refractivity contribution >= 4 is 17.8 Å². The first-order valence-electron chi connectivity index (χ1n) is 8.92. The summed E-state index contributed by atoms with van der Waals surface area (Å²) in [5, 5.41) is 10.1. The monoisotopic (exact) mass is 351 g/mol. The molecule has 140 valence electrons. The fraction of sp³-hybridized carbons (Fsp3) is 0.706. The molecule has 0 unspecified atom stereocenters. The molecule has 0 aromatic carbocycles. The highest BCUT2D eigenvalue weighted by Crippen LogP contribution is 2.23. The Morgan fingerprint density at radius 3 is 2.76 bits per heavy atom. The van der Waals surface area contributed by atoms with E-state index in [-0.39, 0.29) is 24.1 Å². The Balaban J connectivity index is 1.90. The number of carbonyl (C=O) groups excluding carboxylic acids is 2. The highest BCUT2D eigenvalue weighted by Gasteiger charge is 2.23. The Hall–Kier alpha value is -2.09. The molecule has 0 saturated carbocycles. The van der Waals surface area contributed by atoms with Crippen molar-refractivity contribution in [2.45, 2.75) is 52.7 Å². The van der Waals surface area contributed by atoms with Crippen molar-refractivity contribution in [2.75, 3.05) is 31.6 Å². The zero-order chi connectivity index (χ0) is 18.4. The van der Waals surface area contributed by atoms with Crippen molar-refractivity contribution in [3.63, 3.8) is 0 Å². The van der Waals surface area contributed by atoms with Gasteiger partial charge in [0.25, 0.3) is 0 Å².